The van der Waals surface area contributed by atoms with E-state index in [1.54, 1.807) is 11.9 Å². The zero-order valence-corrected chi connectivity index (χ0v) is 17.6. The Kier molecular flexibility index (Phi) is 3.81. The molecule has 0 saturated carbocycles. The van der Waals surface area contributed by atoms with E-state index in [2.05, 4.69) is 10.1 Å². The first-order chi connectivity index (χ1) is 14.9. The molecule has 1 spiro atoms. The zero-order valence-electron chi connectivity index (χ0n) is 17.6. The summed E-state index contributed by atoms with van der Waals surface area (Å²) in [5, 5.41) is 3.18. The van der Waals surface area contributed by atoms with Crippen molar-refractivity contribution in [2.24, 2.45) is 11.8 Å². The van der Waals surface area contributed by atoms with Gasteiger partial charge < -0.3 is 14.5 Å². The highest BCUT2D eigenvalue weighted by molar-refractivity contribution is 5.93. The van der Waals surface area contributed by atoms with Gasteiger partial charge in [-0.25, -0.2) is 9.50 Å². The van der Waals surface area contributed by atoms with Gasteiger partial charge in [0.15, 0.2) is 5.65 Å². The number of aromatic nitrogens is 3. The number of carbonyl (C=O) groups excluding carboxylic acids is 2. The second kappa shape index (κ2) is 6.29. The van der Waals surface area contributed by atoms with Crippen molar-refractivity contribution in [1.82, 2.24) is 24.4 Å². The van der Waals surface area contributed by atoms with Crippen LogP contribution in [0.15, 0.2) is 29.1 Å². The number of fused-ring (bicyclic) bond motifs is 2. The molecular weight excluding hydrogens is 398 g/mol. The van der Waals surface area contributed by atoms with Gasteiger partial charge in [0.25, 0.3) is 5.56 Å². The number of H-pyrrole nitrogens is 1. The van der Waals surface area contributed by atoms with Crippen LogP contribution in [0.3, 0.4) is 0 Å². The van der Waals surface area contributed by atoms with Crippen LogP contribution < -0.4 is 5.56 Å². The number of aromatic amines is 1. The molecule has 31 heavy (non-hydrogen) atoms. The second-order valence-corrected chi connectivity index (χ2v) is 9.33. The number of amides is 2. The van der Waals surface area contributed by atoms with Crippen LogP contribution in [0.25, 0.3) is 5.65 Å². The molecule has 3 saturated heterocycles. The first-order valence-corrected chi connectivity index (χ1v) is 10.9. The summed E-state index contributed by atoms with van der Waals surface area (Å²) < 4.78 is 7.60. The Morgan fingerprint density at radius 3 is 2.81 bits per heavy atom. The maximum Gasteiger partial charge on any atom is 0.272 e. The molecule has 2 amide bonds. The molecule has 9 heteroatoms. The fraction of sp³-hybridized carbons (Fsp3) is 0.545. The topological polar surface area (TPSA) is 100 Å². The van der Waals surface area contributed by atoms with Crippen molar-refractivity contribution in [3.05, 3.63) is 46.0 Å². The summed E-state index contributed by atoms with van der Waals surface area (Å²) >= 11 is 0. The molecule has 9 nitrogen and oxygen atoms in total. The SMILES string of the molecule is Cc1cc(=O)n2[nH]c(C3CCN(C(=O)C4C5C=CC6(CN(C)C(=O)C46)O5)CC3)cc2n1. The molecule has 2 bridgehead atoms. The quantitative estimate of drug-likeness (QED) is 0.707. The lowest BCUT2D eigenvalue weighted by molar-refractivity contribution is -0.143. The number of rotatable bonds is 2. The van der Waals surface area contributed by atoms with Crippen LogP contribution >= 0.6 is 0 Å². The standard InChI is InChI=1S/C22H25N5O4/c1-12-9-17(28)27-16(23-12)10-14(24-27)13-4-7-26(8-5-13)20(29)18-15-3-6-22(31-15)11-25(2)21(30)19(18)22/h3,6,9-10,13,15,18-19,24H,4-5,7-8,11H2,1-2H3. The van der Waals surface area contributed by atoms with Gasteiger partial charge in [-0.05, 0) is 19.8 Å². The largest absolute Gasteiger partial charge is 0.360 e. The molecule has 0 aliphatic carbocycles. The van der Waals surface area contributed by atoms with Crippen LogP contribution in [0.2, 0.25) is 0 Å². The third-order valence-corrected chi connectivity index (χ3v) is 7.42. The van der Waals surface area contributed by atoms with Crippen LogP contribution in [0.5, 0.6) is 0 Å². The van der Waals surface area contributed by atoms with Gasteiger partial charge in [-0.2, -0.15) is 0 Å². The minimum atomic E-state index is -0.627. The number of hydrogen-bond acceptors (Lipinski definition) is 5. The maximum absolute atomic E-state index is 13.4. The van der Waals surface area contributed by atoms with Gasteiger partial charge >= 0.3 is 0 Å². The third-order valence-electron chi connectivity index (χ3n) is 7.42. The lowest BCUT2D eigenvalue weighted by Crippen LogP contribution is -2.48. The average Bonchev–Trinajstić information content (AvgIpc) is 3.48. The van der Waals surface area contributed by atoms with E-state index in [1.165, 1.54) is 10.6 Å². The summed E-state index contributed by atoms with van der Waals surface area (Å²) in [4.78, 5) is 46.3. The van der Waals surface area contributed by atoms with E-state index in [0.717, 1.165) is 18.5 Å². The predicted molar refractivity (Wildman–Crippen MR) is 110 cm³/mol. The van der Waals surface area contributed by atoms with E-state index >= 15 is 0 Å². The molecule has 2 aromatic rings. The van der Waals surface area contributed by atoms with E-state index in [-0.39, 0.29) is 29.4 Å². The van der Waals surface area contributed by atoms with Crippen molar-refractivity contribution in [1.29, 1.82) is 0 Å². The highest BCUT2D eigenvalue weighted by Gasteiger charge is 2.66. The number of ether oxygens (including phenoxy) is 1. The van der Waals surface area contributed by atoms with Crippen molar-refractivity contribution < 1.29 is 14.3 Å². The van der Waals surface area contributed by atoms with Crippen molar-refractivity contribution in [2.45, 2.75) is 37.4 Å². The van der Waals surface area contributed by atoms with Crippen LogP contribution in [0.1, 0.15) is 30.1 Å². The van der Waals surface area contributed by atoms with Gasteiger partial charge in [-0.1, -0.05) is 12.2 Å². The fourth-order valence-corrected chi connectivity index (χ4v) is 5.93. The number of hydrogen-bond donors (Lipinski definition) is 1. The Morgan fingerprint density at radius 1 is 1.26 bits per heavy atom. The highest BCUT2D eigenvalue weighted by atomic mass is 16.5. The van der Waals surface area contributed by atoms with Gasteiger partial charge in [-0.3, -0.25) is 19.5 Å². The first-order valence-electron chi connectivity index (χ1n) is 10.9. The average molecular weight is 423 g/mol. The zero-order chi connectivity index (χ0) is 21.5. The molecule has 6 heterocycles. The molecule has 4 aliphatic rings. The number of carbonyl (C=O) groups is 2. The van der Waals surface area contributed by atoms with Gasteiger partial charge in [0.05, 0.1) is 24.5 Å². The molecule has 1 N–H and O–H groups in total. The molecule has 4 unspecified atom stereocenters. The summed E-state index contributed by atoms with van der Waals surface area (Å²) in [6.45, 7) is 3.57. The minimum absolute atomic E-state index is 0.00592. The number of nitrogens with zero attached hydrogens (tertiary/aromatic N) is 4. The molecule has 4 aliphatic heterocycles. The number of aryl methyl sites for hydroxylation is 1. The van der Waals surface area contributed by atoms with Crippen molar-refractivity contribution in [2.75, 3.05) is 26.7 Å². The lowest BCUT2D eigenvalue weighted by atomic mass is 9.76. The van der Waals surface area contributed by atoms with Crippen LogP contribution in [0, 0.1) is 18.8 Å². The maximum atomic E-state index is 13.4. The fourth-order valence-electron chi connectivity index (χ4n) is 5.93. The second-order valence-electron chi connectivity index (χ2n) is 9.33. The van der Waals surface area contributed by atoms with Crippen molar-refractivity contribution in [3.63, 3.8) is 0 Å². The Balaban J connectivity index is 1.19. The predicted octanol–water partition coefficient (Wildman–Crippen LogP) is 0.449. The first kappa shape index (κ1) is 18.8. The van der Waals surface area contributed by atoms with E-state index in [9.17, 15) is 14.4 Å². The smallest absolute Gasteiger partial charge is 0.272 e. The van der Waals surface area contributed by atoms with E-state index in [0.29, 0.717) is 31.0 Å². The molecule has 0 aromatic carbocycles. The number of likely N-dealkylation sites (tertiary alicyclic amines) is 2. The van der Waals surface area contributed by atoms with E-state index in [4.69, 9.17) is 4.74 Å². The number of nitrogens with one attached hydrogen (secondary N) is 1. The summed E-state index contributed by atoms with van der Waals surface area (Å²) in [6.07, 6.45) is 5.22. The van der Waals surface area contributed by atoms with E-state index in [1.807, 2.05) is 30.0 Å². The van der Waals surface area contributed by atoms with Gasteiger partial charge in [-0.15, -0.1) is 0 Å². The molecule has 0 radical (unpaired) electrons. The molecule has 2 aromatic heterocycles. The molecule has 162 valence electrons. The Labute approximate surface area is 178 Å². The summed E-state index contributed by atoms with van der Waals surface area (Å²) in [7, 11) is 1.77. The van der Waals surface area contributed by atoms with Gasteiger partial charge in [0.1, 0.15) is 5.60 Å². The molecule has 6 rings (SSSR count). The van der Waals surface area contributed by atoms with Crippen LogP contribution in [-0.2, 0) is 14.3 Å². The minimum Gasteiger partial charge on any atom is -0.360 e. The van der Waals surface area contributed by atoms with E-state index < -0.39 is 17.4 Å². The Hall–Kier alpha value is -2.94. The summed E-state index contributed by atoms with van der Waals surface area (Å²) in [6, 6.07) is 3.44. The van der Waals surface area contributed by atoms with Gasteiger partial charge in [0, 0.05) is 49.6 Å². The lowest BCUT2D eigenvalue weighted by Gasteiger charge is -2.35. The van der Waals surface area contributed by atoms with Crippen molar-refractivity contribution >= 4 is 17.5 Å². The Bertz CT molecular complexity index is 1190. The number of likely N-dealkylation sites (N-methyl/N-ethyl adjacent to an activating group) is 1. The summed E-state index contributed by atoms with van der Waals surface area (Å²) in [5.41, 5.74) is 1.55. The molecule has 4 atom stereocenters. The van der Waals surface area contributed by atoms with Gasteiger partial charge in [0.2, 0.25) is 11.8 Å². The highest BCUT2D eigenvalue weighted by Crippen LogP contribution is 2.52. The van der Waals surface area contributed by atoms with Crippen molar-refractivity contribution in [3.8, 4) is 0 Å². The molecule has 3 fully saturated rings. The van der Waals surface area contributed by atoms with Crippen LogP contribution in [0.4, 0.5) is 0 Å². The molecular formula is C22H25N5O4. The third kappa shape index (κ3) is 2.59. The number of piperidine rings is 1. The van der Waals surface area contributed by atoms with Crippen LogP contribution in [-0.4, -0.2) is 74.6 Å². The Morgan fingerprint density at radius 2 is 2.03 bits per heavy atom. The normalized spacial score (nSPS) is 32.5. The summed E-state index contributed by atoms with van der Waals surface area (Å²) in [5.74, 6) is -0.586. The monoisotopic (exact) mass is 423 g/mol.